The predicted molar refractivity (Wildman–Crippen MR) is 94.5 cm³/mol. The van der Waals surface area contributed by atoms with E-state index in [4.69, 9.17) is 0 Å². The molecule has 1 heterocycles. The van der Waals surface area contributed by atoms with Gasteiger partial charge in [0.05, 0.1) is 0 Å². The number of hydrogen-bond acceptors (Lipinski definition) is 2. The first-order valence-electron chi connectivity index (χ1n) is 9.30. The van der Waals surface area contributed by atoms with E-state index < -0.39 is 0 Å². The van der Waals surface area contributed by atoms with Crippen molar-refractivity contribution in [3.63, 3.8) is 0 Å². The molecule has 2 fully saturated rings. The number of nitrogens with one attached hydrogen (secondary N) is 1. The lowest BCUT2D eigenvalue weighted by atomic mass is 9.83. The highest BCUT2D eigenvalue weighted by molar-refractivity contribution is 5.94. The second-order valence-corrected chi connectivity index (χ2v) is 7.47. The van der Waals surface area contributed by atoms with Gasteiger partial charge in [0.15, 0.2) is 0 Å². The molecule has 0 unspecified atom stereocenters. The van der Waals surface area contributed by atoms with Crippen molar-refractivity contribution < 1.29 is 4.79 Å². The first kappa shape index (κ1) is 16.5. The van der Waals surface area contributed by atoms with Crippen LogP contribution in [0.4, 0.5) is 0 Å². The van der Waals surface area contributed by atoms with E-state index in [9.17, 15) is 4.79 Å². The number of carbonyl (C=O) groups excluding carboxylic acids is 1. The zero-order valence-electron chi connectivity index (χ0n) is 14.3. The average molecular weight is 314 g/mol. The van der Waals surface area contributed by atoms with Crippen LogP contribution >= 0.6 is 0 Å². The summed E-state index contributed by atoms with van der Waals surface area (Å²) in [4.78, 5) is 15.1. The van der Waals surface area contributed by atoms with Crippen LogP contribution in [0.15, 0.2) is 30.3 Å². The molecular formula is C20H30N2O. The minimum absolute atomic E-state index is 0.0924. The fraction of sp³-hybridized carbons (Fsp3) is 0.650. The molecular weight excluding hydrogens is 284 g/mol. The van der Waals surface area contributed by atoms with Crippen molar-refractivity contribution in [2.75, 3.05) is 19.6 Å². The Kier molecular flexibility index (Phi) is 5.71. The van der Waals surface area contributed by atoms with Crippen LogP contribution in [0.5, 0.6) is 0 Å². The summed E-state index contributed by atoms with van der Waals surface area (Å²) in [5.74, 6) is 1.59. The number of piperidine rings is 1. The number of nitrogens with zero attached hydrogens (tertiary/aromatic N) is 1. The fourth-order valence-corrected chi connectivity index (χ4v) is 4.03. The lowest BCUT2D eigenvalue weighted by Gasteiger charge is -2.38. The van der Waals surface area contributed by atoms with Crippen LogP contribution in [0, 0.1) is 11.8 Å². The fourth-order valence-electron chi connectivity index (χ4n) is 4.03. The number of carbonyl (C=O) groups is 1. The van der Waals surface area contributed by atoms with Crippen molar-refractivity contribution in [3.8, 4) is 0 Å². The molecule has 0 spiro atoms. The largest absolute Gasteiger partial charge is 0.349 e. The molecule has 1 amide bonds. The zero-order valence-corrected chi connectivity index (χ0v) is 14.3. The molecule has 2 atom stereocenters. The molecule has 1 aliphatic heterocycles. The highest BCUT2D eigenvalue weighted by Gasteiger charge is 2.29. The Labute approximate surface area is 140 Å². The Morgan fingerprint density at radius 1 is 1.09 bits per heavy atom. The van der Waals surface area contributed by atoms with Gasteiger partial charge in [-0.3, -0.25) is 4.79 Å². The second-order valence-electron chi connectivity index (χ2n) is 7.47. The topological polar surface area (TPSA) is 32.3 Å². The Morgan fingerprint density at radius 2 is 1.78 bits per heavy atom. The second kappa shape index (κ2) is 7.96. The van der Waals surface area contributed by atoms with Gasteiger partial charge in [-0.05, 0) is 62.7 Å². The van der Waals surface area contributed by atoms with Gasteiger partial charge in [-0.25, -0.2) is 0 Å². The third kappa shape index (κ3) is 4.57. The molecule has 3 rings (SSSR count). The summed E-state index contributed by atoms with van der Waals surface area (Å²) in [6.07, 6.45) is 7.60. The standard InChI is InChI=1S/C20H30N2O/c1-16-11-13-22(14-12-16)15-18-9-5-6-10-19(18)21-20(23)17-7-3-2-4-8-17/h2-4,7-8,16,18-19H,5-6,9-15H2,1H3,(H,21,23)/t18-,19-/m0/s1. The number of likely N-dealkylation sites (tertiary alicyclic amines) is 1. The molecule has 2 aliphatic rings. The number of rotatable bonds is 4. The van der Waals surface area contributed by atoms with E-state index >= 15 is 0 Å². The van der Waals surface area contributed by atoms with Crippen LogP contribution in [0.1, 0.15) is 55.8 Å². The molecule has 1 saturated carbocycles. The minimum atomic E-state index is 0.0924. The van der Waals surface area contributed by atoms with Crippen LogP contribution in [-0.4, -0.2) is 36.5 Å². The van der Waals surface area contributed by atoms with E-state index in [0.717, 1.165) is 24.4 Å². The van der Waals surface area contributed by atoms with E-state index in [2.05, 4.69) is 17.1 Å². The summed E-state index contributed by atoms with van der Waals surface area (Å²) in [6.45, 7) is 5.99. The molecule has 1 aromatic rings. The maximum Gasteiger partial charge on any atom is 0.251 e. The average Bonchev–Trinajstić information content (AvgIpc) is 2.59. The van der Waals surface area contributed by atoms with Gasteiger partial charge in [0.2, 0.25) is 0 Å². The van der Waals surface area contributed by atoms with Crippen LogP contribution in [0.2, 0.25) is 0 Å². The summed E-state index contributed by atoms with van der Waals surface area (Å²) < 4.78 is 0. The van der Waals surface area contributed by atoms with Gasteiger partial charge in [0.25, 0.3) is 5.91 Å². The van der Waals surface area contributed by atoms with Crippen LogP contribution in [0.25, 0.3) is 0 Å². The van der Waals surface area contributed by atoms with Crippen LogP contribution in [-0.2, 0) is 0 Å². The number of amides is 1. The first-order valence-corrected chi connectivity index (χ1v) is 9.30. The molecule has 0 bridgehead atoms. The summed E-state index contributed by atoms with van der Waals surface area (Å²) in [7, 11) is 0. The third-order valence-corrected chi connectivity index (χ3v) is 5.63. The lowest BCUT2D eigenvalue weighted by molar-refractivity contribution is 0.0868. The highest BCUT2D eigenvalue weighted by Crippen LogP contribution is 2.27. The number of benzene rings is 1. The van der Waals surface area contributed by atoms with Gasteiger partial charge in [0.1, 0.15) is 0 Å². The van der Waals surface area contributed by atoms with Crippen molar-refractivity contribution in [2.45, 2.75) is 51.5 Å². The van der Waals surface area contributed by atoms with Crippen molar-refractivity contribution in [1.82, 2.24) is 10.2 Å². The molecule has 1 aliphatic carbocycles. The van der Waals surface area contributed by atoms with E-state index in [1.54, 1.807) is 0 Å². The van der Waals surface area contributed by atoms with E-state index in [-0.39, 0.29) is 5.91 Å². The quantitative estimate of drug-likeness (QED) is 0.919. The molecule has 0 radical (unpaired) electrons. The molecule has 1 aromatic carbocycles. The summed E-state index contributed by atoms with van der Waals surface area (Å²) >= 11 is 0. The molecule has 0 aromatic heterocycles. The third-order valence-electron chi connectivity index (χ3n) is 5.63. The number of hydrogen-bond donors (Lipinski definition) is 1. The molecule has 126 valence electrons. The molecule has 3 nitrogen and oxygen atoms in total. The van der Waals surface area contributed by atoms with Crippen molar-refractivity contribution in [3.05, 3.63) is 35.9 Å². The van der Waals surface area contributed by atoms with Gasteiger partial charge < -0.3 is 10.2 Å². The van der Waals surface area contributed by atoms with E-state index in [1.165, 1.54) is 45.2 Å². The molecule has 1 saturated heterocycles. The van der Waals surface area contributed by atoms with Crippen molar-refractivity contribution >= 4 is 5.91 Å². The van der Waals surface area contributed by atoms with Crippen LogP contribution in [0.3, 0.4) is 0 Å². The predicted octanol–water partition coefficient (Wildman–Crippen LogP) is 3.71. The van der Waals surface area contributed by atoms with Gasteiger partial charge in [-0.15, -0.1) is 0 Å². The smallest absolute Gasteiger partial charge is 0.251 e. The van der Waals surface area contributed by atoms with Gasteiger partial charge in [0, 0.05) is 18.2 Å². The van der Waals surface area contributed by atoms with Crippen molar-refractivity contribution in [2.24, 2.45) is 11.8 Å². The first-order chi connectivity index (χ1) is 11.2. The van der Waals surface area contributed by atoms with E-state index in [1.807, 2.05) is 30.3 Å². The summed E-state index contributed by atoms with van der Waals surface area (Å²) in [5, 5.41) is 3.32. The maximum absolute atomic E-state index is 12.5. The normalized spacial score (nSPS) is 26.8. The van der Waals surface area contributed by atoms with Gasteiger partial charge >= 0.3 is 0 Å². The Bertz CT molecular complexity index is 494. The summed E-state index contributed by atoms with van der Waals surface area (Å²) in [5.41, 5.74) is 0.781. The maximum atomic E-state index is 12.5. The van der Waals surface area contributed by atoms with Gasteiger partial charge in [-0.2, -0.15) is 0 Å². The SMILES string of the molecule is CC1CCN(C[C@@H]2CCCC[C@@H]2NC(=O)c2ccccc2)CC1. The highest BCUT2D eigenvalue weighted by atomic mass is 16.1. The Morgan fingerprint density at radius 3 is 2.52 bits per heavy atom. The Balaban J connectivity index is 1.57. The van der Waals surface area contributed by atoms with Gasteiger partial charge in [-0.1, -0.05) is 38.0 Å². The molecule has 1 N–H and O–H groups in total. The lowest BCUT2D eigenvalue weighted by Crippen LogP contribution is -2.47. The summed E-state index contributed by atoms with van der Waals surface area (Å²) in [6, 6.07) is 9.97. The van der Waals surface area contributed by atoms with Crippen molar-refractivity contribution in [1.29, 1.82) is 0 Å². The monoisotopic (exact) mass is 314 g/mol. The van der Waals surface area contributed by atoms with Crippen LogP contribution < -0.4 is 5.32 Å². The Hall–Kier alpha value is -1.35. The zero-order chi connectivity index (χ0) is 16.1. The molecule has 3 heteroatoms. The van der Waals surface area contributed by atoms with E-state index in [0.29, 0.717) is 12.0 Å². The minimum Gasteiger partial charge on any atom is -0.349 e. The molecule has 23 heavy (non-hydrogen) atoms.